The summed E-state index contributed by atoms with van der Waals surface area (Å²) < 4.78 is 13.9. The largest absolute Gasteiger partial charge is 0.298 e. The maximum Gasteiger partial charge on any atom is 0.151 e. The number of likely N-dealkylation sites (tertiary alicyclic amines) is 1. The van der Waals surface area contributed by atoms with Gasteiger partial charge in [0.1, 0.15) is 5.83 Å². The van der Waals surface area contributed by atoms with Crippen molar-refractivity contribution in [1.29, 1.82) is 0 Å². The molecule has 1 aliphatic heterocycles. The fourth-order valence-electron chi connectivity index (χ4n) is 2.45. The summed E-state index contributed by atoms with van der Waals surface area (Å²) >= 11 is 0. The van der Waals surface area contributed by atoms with Gasteiger partial charge < -0.3 is 0 Å². The van der Waals surface area contributed by atoms with Crippen LogP contribution in [0.2, 0.25) is 0 Å². The van der Waals surface area contributed by atoms with Crippen LogP contribution in [0.25, 0.3) is 0 Å². The van der Waals surface area contributed by atoms with Crippen molar-refractivity contribution in [2.75, 3.05) is 13.1 Å². The van der Waals surface area contributed by atoms with E-state index in [0.717, 1.165) is 25.9 Å². The minimum Gasteiger partial charge on any atom is -0.298 e. The maximum atomic E-state index is 13.9. The van der Waals surface area contributed by atoms with Crippen molar-refractivity contribution in [1.82, 2.24) is 4.90 Å². The summed E-state index contributed by atoms with van der Waals surface area (Å²) in [5, 5.41) is 0. The van der Waals surface area contributed by atoms with E-state index in [1.165, 1.54) is 19.4 Å². The van der Waals surface area contributed by atoms with Crippen LogP contribution in [-0.4, -0.2) is 29.8 Å². The van der Waals surface area contributed by atoms with Crippen molar-refractivity contribution >= 4 is 5.78 Å². The smallest absolute Gasteiger partial charge is 0.151 e. The van der Waals surface area contributed by atoms with E-state index in [-0.39, 0.29) is 5.78 Å². The molecule has 0 spiro atoms. The third-order valence-corrected chi connectivity index (χ3v) is 3.24. The molecule has 1 unspecified atom stereocenters. The SMILES string of the molecule is C=C/C(F)=C(\C=C/C)C(C(C)=O)N1CCCCC1. The zero-order valence-corrected chi connectivity index (χ0v) is 11.3. The van der Waals surface area contributed by atoms with Crippen LogP contribution in [0.1, 0.15) is 33.1 Å². The predicted molar refractivity (Wildman–Crippen MR) is 73.0 cm³/mol. The van der Waals surface area contributed by atoms with Crippen LogP contribution in [0.15, 0.2) is 36.2 Å². The molecule has 0 N–H and O–H groups in total. The van der Waals surface area contributed by atoms with Crippen molar-refractivity contribution in [3.8, 4) is 0 Å². The topological polar surface area (TPSA) is 20.3 Å². The highest BCUT2D eigenvalue weighted by Crippen LogP contribution is 2.23. The van der Waals surface area contributed by atoms with Gasteiger partial charge in [-0.05, 0) is 45.9 Å². The number of carbonyl (C=O) groups is 1. The monoisotopic (exact) mass is 251 g/mol. The number of piperidine rings is 1. The van der Waals surface area contributed by atoms with Gasteiger partial charge in [0.05, 0.1) is 6.04 Å². The van der Waals surface area contributed by atoms with Crippen LogP contribution in [0, 0.1) is 0 Å². The molecule has 18 heavy (non-hydrogen) atoms. The predicted octanol–water partition coefficient (Wildman–Crippen LogP) is 3.42. The minimum absolute atomic E-state index is 0.0120. The Kier molecular flexibility index (Phi) is 5.99. The van der Waals surface area contributed by atoms with Gasteiger partial charge in [0.25, 0.3) is 0 Å². The molecule has 1 aliphatic rings. The summed E-state index contributed by atoms with van der Waals surface area (Å²) in [6, 6.07) is -0.473. The fourth-order valence-corrected chi connectivity index (χ4v) is 2.45. The van der Waals surface area contributed by atoms with E-state index in [1.54, 1.807) is 12.2 Å². The molecular formula is C15H22FNO. The van der Waals surface area contributed by atoms with E-state index in [9.17, 15) is 9.18 Å². The van der Waals surface area contributed by atoms with Gasteiger partial charge in [0, 0.05) is 5.57 Å². The van der Waals surface area contributed by atoms with Crippen molar-refractivity contribution in [3.05, 3.63) is 36.2 Å². The first-order valence-electron chi connectivity index (χ1n) is 6.51. The molecule has 0 aromatic carbocycles. The zero-order valence-electron chi connectivity index (χ0n) is 11.3. The Morgan fingerprint density at radius 2 is 1.94 bits per heavy atom. The zero-order chi connectivity index (χ0) is 13.5. The molecule has 3 heteroatoms. The van der Waals surface area contributed by atoms with Crippen LogP contribution in [0.4, 0.5) is 4.39 Å². The van der Waals surface area contributed by atoms with Gasteiger partial charge in [-0.1, -0.05) is 25.2 Å². The lowest BCUT2D eigenvalue weighted by Gasteiger charge is -2.33. The summed E-state index contributed by atoms with van der Waals surface area (Å²) in [6.45, 7) is 8.52. The second-order valence-corrected chi connectivity index (χ2v) is 4.62. The van der Waals surface area contributed by atoms with Crippen molar-refractivity contribution in [3.63, 3.8) is 0 Å². The number of hydrogen-bond acceptors (Lipinski definition) is 2. The molecule has 1 saturated heterocycles. The van der Waals surface area contributed by atoms with E-state index >= 15 is 0 Å². The fraction of sp³-hybridized carbons (Fsp3) is 0.533. The van der Waals surface area contributed by atoms with Crippen LogP contribution >= 0.6 is 0 Å². The Bertz CT molecular complexity index is 365. The van der Waals surface area contributed by atoms with Crippen LogP contribution in [0.5, 0.6) is 0 Å². The third kappa shape index (κ3) is 3.64. The van der Waals surface area contributed by atoms with Gasteiger partial charge in [-0.15, -0.1) is 0 Å². The highest BCUT2D eigenvalue weighted by atomic mass is 19.1. The molecule has 0 amide bonds. The van der Waals surface area contributed by atoms with Crippen LogP contribution in [-0.2, 0) is 4.79 Å². The number of allylic oxidation sites excluding steroid dienone is 3. The Morgan fingerprint density at radius 1 is 1.33 bits per heavy atom. The first-order valence-corrected chi connectivity index (χ1v) is 6.51. The van der Waals surface area contributed by atoms with Gasteiger partial charge in [0.2, 0.25) is 0 Å². The van der Waals surface area contributed by atoms with Crippen molar-refractivity contribution < 1.29 is 9.18 Å². The van der Waals surface area contributed by atoms with Crippen LogP contribution in [0.3, 0.4) is 0 Å². The molecule has 0 aromatic rings. The Labute approximate surface area is 109 Å². The molecule has 0 aliphatic carbocycles. The Hall–Kier alpha value is -1.22. The number of Topliss-reactive ketones (excluding diaryl/α,β-unsaturated/α-hetero) is 1. The normalized spacial score (nSPS) is 20.6. The summed E-state index contributed by atoms with van der Waals surface area (Å²) in [7, 11) is 0. The highest BCUT2D eigenvalue weighted by Gasteiger charge is 2.28. The number of rotatable bonds is 5. The molecule has 0 aromatic heterocycles. The van der Waals surface area contributed by atoms with Gasteiger partial charge in [-0.2, -0.15) is 0 Å². The maximum absolute atomic E-state index is 13.9. The third-order valence-electron chi connectivity index (χ3n) is 3.24. The van der Waals surface area contributed by atoms with Gasteiger partial charge in [0.15, 0.2) is 5.78 Å². The standard InChI is InChI=1S/C15H22FNO/c1-4-9-13(14(16)5-2)15(12(3)18)17-10-7-6-8-11-17/h4-5,9,15H,2,6-8,10-11H2,1,3H3/b9-4-,14-13-. The van der Waals surface area contributed by atoms with E-state index in [4.69, 9.17) is 0 Å². The summed E-state index contributed by atoms with van der Waals surface area (Å²) in [5.74, 6) is -0.416. The quantitative estimate of drug-likeness (QED) is 0.698. The lowest BCUT2D eigenvalue weighted by Crippen LogP contribution is -2.44. The lowest BCUT2D eigenvalue weighted by atomic mass is 9.97. The molecule has 0 bridgehead atoms. The van der Waals surface area contributed by atoms with E-state index in [2.05, 4.69) is 11.5 Å². The average Bonchev–Trinajstić information content (AvgIpc) is 2.38. The highest BCUT2D eigenvalue weighted by molar-refractivity contribution is 5.85. The molecule has 0 radical (unpaired) electrons. The lowest BCUT2D eigenvalue weighted by molar-refractivity contribution is -0.121. The van der Waals surface area contributed by atoms with Crippen molar-refractivity contribution in [2.24, 2.45) is 0 Å². The number of hydrogen-bond donors (Lipinski definition) is 0. The second kappa shape index (κ2) is 7.27. The van der Waals surface area contributed by atoms with Crippen LogP contribution < -0.4 is 0 Å². The second-order valence-electron chi connectivity index (χ2n) is 4.62. The molecule has 1 heterocycles. The number of halogens is 1. The average molecular weight is 251 g/mol. The molecule has 1 atom stereocenters. The summed E-state index contributed by atoms with van der Waals surface area (Å²) in [6.07, 6.45) is 7.95. The number of carbonyl (C=O) groups excluding carboxylic acids is 1. The Morgan fingerprint density at radius 3 is 2.39 bits per heavy atom. The molecular weight excluding hydrogens is 229 g/mol. The first kappa shape index (κ1) is 14.8. The molecule has 100 valence electrons. The number of nitrogens with zero attached hydrogens (tertiary/aromatic N) is 1. The van der Waals surface area contributed by atoms with E-state index < -0.39 is 11.9 Å². The molecule has 1 fully saturated rings. The van der Waals surface area contributed by atoms with Crippen molar-refractivity contribution in [2.45, 2.75) is 39.2 Å². The molecule has 1 rings (SSSR count). The van der Waals surface area contributed by atoms with Gasteiger partial charge >= 0.3 is 0 Å². The van der Waals surface area contributed by atoms with E-state index in [1.807, 2.05) is 6.92 Å². The Balaban J connectivity index is 3.08. The van der Waals surface area contributed by atoms with Gasteiger partial charge in [-0.3, -0.25) is 9.69 Å². The summed E-state index contributed by atoms with van der Waals surface area (Å²) in [5.41, 5.74) is 0.432. The first-order chi connectivity index (χ1) is 8.61. The molecule has 0 saturated carbocycles. The molecule has 2 nitrogen and oxygen atoms in total. The summed E-state index contributed by atoms with van der Waals surface area (Å²) in [4.78, 5) is 13.9. The minimum atomic E-state index is -0.473. The van der Waals surface area contributed by atoms with E-state index in [0.29, 0.717) is 5.57 Å². The number of ketones is 1. The van der Waals surface area contributed by atoms with Gasteiger partial charge in [-0.25, -0.2) is 4.39 Å².